The zero-order chi connectivity index (χ0) is 61.3. The Bertz CT molecular complexity index is 4760. The van der Waals surface area contributed by atoms with Crippen LogP contribution in [0.5, 0.6) is 0 Å². The van der Waals surface area contributed by atoms with Crippen molar-refractivity contribution in [3.8, 4) is 22.3 Å². The van der Waals surface area contributed by atoms with Crippen LogP contribution in [0.4, 0.5) is 34.1 Å². The number of para-hydroxylation sites is 2. The Balaban J connectivity index is 1.11. The Kier molecular flexibility index (Phi) is 11.8. The summed E-state index contributed by atoms with van der Waals surface area (Å²) in [5, 5.41) is 8.90. The molecule has 0 saturated heterocycles. The first-order valence-corrected chi connectivity index (χ1v) is 31.7. The minimum Gasteiger partial charge on any atom is -0.456 e. The quantitative estimate of drug-likeness (QED) is 0.166. The lowest BCUT2D eigenvalue weighted by Crippen LogP contribution is -2.27. The van der Waals surface area contributed by atoms with E-state index in [0.29, 0.717) is 0 Å². The molecule has 1 spiro atoms. The van der Waals surface area contributed by atoms with Crippen LogP contribution in [0.2, 0.25) is 0 Å². The van der Waals surface area contributed by atoms with Crippen molar-refractivity contribution in [2.75, 3.05) is 9.80 Å². The second-order valence-electron chi connectivity index (χ2n) is 29.3. The molecule has 14 aromatic rings. The molecule has 2 aliphatic rings. The second kappa shape index (κ2) is 19.2. The molecule has 12 aromatic carbocycles. The fraction of sp³-hybridized carbons (Fsp3) is 0.200. The average Bonchev–Trinajstić information content (AvgIpc) is 1.49. The van der Waals surface area contributed by atoms with Crippen molar-refractivity contribution in [2.45, 2.75) is 110 Å². The number of fused-ring (bicyclic) bond motifs is 20. The maximum absolute atomic E-state index is 6.98. The third kappa shape index (κ3) is 8.32. The Morgan fingerprint density at radius 2 is 0.562 bits per heavy atom. The number of nitrogens with zero attached hydrogens (tertiary/aromatic N) is 2. The van der Waals surface area contributed by atoms with Gasteiger partial charge < -0.3 is 18.6 Å². The predicted octanol–water partition coefficient (Wildman–Crippen LogP) is 24.3. The molecule has 4 heteroatoms. The van der Waals surface area contributed by atoms with Crippen LogP contribution in [0, 0.1) is 0 Å². The third-order valence-electron chi connectivity index (χ3n) is 19.7. The van der Waals surface area contributed by atoms with E-state index in [1.807, 2.05) is 0 Å². The van der Waals surface area contributed by atoms with E-state index in [2.05, 4.69) is 323 Å². The standard InChI is InChI=1S/C85H74N2O2/c1-81(2,3)51-29-37-55(38-30-51)86(56-39-31-52(32-40-56)82(4,5)6)73-49-71-79(67-45-65-61-23-15-19-27-75(61)88-77(65)47-63(67)73)80-68-46-66-62-24-16-20-28-76(62)89-78(66)48-64(68)74(50-72(80)85(71)69-25-17-13-21-59(69)60-22-14-18-26-70(60)85)87(57-41-33-53(34-42-57)83(7,8)9)58-43-35-54(36-44-58)84(10,11)12/h13-50H,1-12H3. The molecule has 0 saturated carbocycles. The van der Waals surface area contributed by atoms with Gasteiger partial charge in [-0.1, -0.05) is 217 Å². The first-order chi connectivity index (χ1) is 42.6. The molecule has 2 aromatic heterocycles. The van der Waals surface area contributed by atoms with Crippen LogP contribution in [0.25, 0.3) is 87.7 Å². The van der Waals surface area contributed by atoms with Gasteiger partial charge in [0.2, 0.25) is 0 Å². The lowest BCUT2D eigenvalue weighted by Gasteiger charge is -2.34. The summed E-state index contributed by atoms with van der Waals surface area (Å²) < 4.78 is 14.0. The number of benzene rings is 12. The molecule has 2 aliphatic carbocycles. The Hall–Kier alpha value is -9.64. The second-order valence-corrected chi connectivity index (χ2v) is 29.3. The van der Waals surface area contributed by atoms with Gasteiger partial charge in [-0.05, 0) is 196 Å². The molecular weight excluding hydrogens is 1080 g/mol. The highest BCUT2D eigenvalue weighted by molar-refractivity contribution is 6.25. The largest absolute Gasteiger partial charge is 0.456 e. The molecule has 89 heavy (non-hydrogen) atoms. The smallest absolute Gasteiger partial charge is 0.136 e. The van der Waals surface area contributed by atoms with Crippen molar-refractivity contribution in [3.63, 3.8) is 0 Å². The molecule has 0 atom stereocenters. The van der Waals surface area contributed by atoms with E-state index in [0.717, 1.165) is 99.5 Å². The van der Waals surface area contributed by atoms with Crippen LogP contribution in [-0.4, -0.2) is 0 Å². The molecule has 2 heterocycles. The Labute approximate surface area is 522 Å². The molecule has 16 rings (SSSR count). The fourth-order valence-electron chi connectivity index (χ4n) is 15.0. The predicted molar refractivity (Wildman–Crippen MR) is 376 cm³/mol. The van der Waals surface area contributed by atoms with Gasteiger partial charge in [0.15, 0.2) is 0 Å². The van der Waals surface area contributed by atoms with Crippen LogP contribution in [0.15, 0.2) is 239 Å². The lowest BCUT2D eigenvalue weighted by molar-refractivity contribution is 0.590. The van der Waals surface area contributed by atoms with Gasteiger partial charge in [-0.15, -0.1) is 0 Å². The summed E-state index contributed by atoms with van der Waals surface area (Å²) in [5.74, 6) is 0. The molecule has 0 N–H and O–H groups in total. The molecular formula is C85H74N2O2. The normalized spacial score (nSPS) is 13.7. The lowest BCUT2D eigenvalue weighted by atomic mass is 9.70. The van der Waals surface area contributed by atoms with Crippen LogP contribution in [0.1, 0.15) is 128 Å². The van der Waals surface area contributed by atoms with E-state index in [-0.39, 0.29) is 21.7 Å². The number of hydrogen-bond donors (Lipinski definition) is 0. The molecule has 0 radical (unpaired) electrons. The highest BCUT2D eigenvalue weighted by Gasteiger charge is 2.54. The highest BCUT2D eigenvalue weighted by atomic mass is 16.3. The maximum Gasteiger partial charge on any atom is 0.136 e. The molecule has 436 valence electrons. The van der Waals surface area contributed by atoms with Gasteiger partial charge in [-0.2, -0.15) is 0 Å². The van der Waals surface area contributed by atoms with E-state index in [1.54, 1.807) is 0 Å². The maximum atomic E-state index is 6.98. The van der Waals surface area contributed by atoms with Gasteiger partial charge in [-0.25, -0.2) is 0 Å². The van der Waals surface area contributed by atoms with E-state index >= 15 is 0 Å². The Morgan fingerprint density at radius 3 is 0.888 bits per heavy atom. The van der Waals surface area contributed by atoms with Gasteiger partial charge in [0.1, 0.15) is 22.3 Å². The summed E-state index contributed by atoms with van der Waals surface area (Å²) in [4.78, 5) is 5.04. The highest BCUT2D eigenvalue weighted by Crippen LogP contribution is 2.67. The number of furan rings is 2. The van der Waals surface area contributed by atoms with Gasteiger partial charge in [0.05, 0.1) is 16.8 Å². The number of hydrogen-bond acceptors (Lipinski definition) is 4. The van der Waals surface area contributed by atoms with E-state index in [4.69, 9.17) is 8.83 Å². The summed E-state index contributed by atoms with van der Waals surface area (Å²) in [6, 6.07) is 87.7. The molecule has 0 bridgehead atoms. The van der Waals surface area contributed by atoms with Crippen LogP contribution < -0.4 is 9.80 Å². The first kappa shape index (κ1) is 54.7. The van der Waals surface area contributed by atoms with Gasteiger partial charge in [-0.3, -0.25) is 0 Å². The zero-order valence-electron chi connectivity index (χ0n) is 53.2. The summed E-state index contributed by atoms with van der Waals surface area (Å²) in [6.07, 6.45) is 0. The minimum atomic E-state index is -0.805. The van der Waals surface area contributed by atoms with E-state index in [1.165, 1.54) is 66.8 Å². The van der Waals surface area contributed by atoms with Crippen molar-refractivity contribution >= 4 is 99.5 Å². The topological polar surface area (TPSA) is 32.8 Å². The zero-order valence-corrected chi connectivity index (χ0v) is 53.2. The van der Waals surface area contributed by atoms with Crippen LogP contribution in [0.3, 0.4) is 0 Å². The monoisotopic (exact) mass is 1150 g/mol. The summed E-state index contributed by atoms with van der Waals surface area (Å²) in [7, 11) is 0. The molecule has 0 fully saturated rings. The number of rotatable bonds is 6. The van der Waals surface area contributed by atoms with Crippen LogP contribution in [-0.2, 0) is 27.1 Å². The van der Waals surface area contributed by atoms with Gasteiger partial charge in [0.25, 0.3) is 0 Å². The summed E-state index contributed by atoms with van der Waals surface area (Å²) in [5.41, 5.74) is 24.1. The summed E-state index contributed by atoms with van der Waals surface area (Å²) in [6.45, 7) is 27.6. The van der Waals surface area contributed by atoms with Crippen molar-refractivity contribution < 1.29 is 8.83 Å². The SMILES string of the molecule is CC(C)(C)c1ccc(N(c2ccc(C(C)(C)C)cc2)c2cc3c(c4cc5c(cc24)oc2ccccc25)-c2c(cc(N(c4ccc(C(C)(C)C)cc4)c4ccc(C(C)(C)C)cc4)c4cc5oc6ccccc6c5cc24)C32c3ccccc3-c3ccccc32)cc1. The first-order valence-electron chi connectivity index (χ1n) is 31.7. The summed E-state index contributed by atoms with van der Waals surface area (Å²) >= 11 is 0. The van der Waals surface area contributed by atoms with Crippen molar-refractivity contribution in [1.29, 1.82) is 0 Å². The average molecular weight is 1160 g/mol. The minimum absolute atomic E-state index is 0.0381. The van der Waals surface area contributed by atoms with E-state index < -0.39 is 5.41 Å². The van der Waals surface area contributed by atoms with Crippen molar-refractivity contribution in [3.05, 3.63) is 275 Å². The fourth-order valence-corrected chi connectivity index (χ4v) is 15.0. The number of anilines is 6. The molecule has 0 unspecified atom stereocenters. The van der Waals surface area contributed by atoms with Gasteiger partial charge >= 0.3 is 0 Å². The van der Waals surface area contributed by atoms with Gasteiger partial charge in [0, 0.05) is 55.1 Å². The van der Waals surface area contributed by atoms with Crippen LogP contribution >= 0.6 is 0 Å². The Morgan fingerprint density at radius 1 is 0.258 bits per heavy atom. The van der Waals surface area contributed by atoms with Crippen molar-refractivity contribution in [2.24, 2.45) is 0 Å². The third-order valence-corrected chi connectivity index (χ3v) is 19.7. The molecule has 0 aliphatic heterocycles. The van der Waals surface area contributed by atoms with Crippen molar-refractivity contribution in [1.82, 2.24) is 0 Å². The van der Waals surface area contributed by atoms with E-state index in [9.17, 15) is 0 Å². The molecule has 0 amide bonds. The molecule has 4 nitrogen and oxygen atoms in total.